The summed E-state index contributed by atoms with van der Waals surface area (Å²) < 4.78 is 9.88. The molecule has 0 fully saturated rings. The molecule has 0 saturated heterocycles. The molecule has 9 heteroatoms. The molecular formula is C20H10MgO8. The fraction of sp³-hybridized carbons (Fsp3) is 0. The largest absolute Gasteiger partial charge is 2.00 e. The summed E-state index contributed by atoms with van der Waals surface area (Å²) in [4.78, 5) is 43.6. The zero-order valence-electron chi connectivity index (χ0n) is 14.7. The van der Waals surface area contributed by atoms with Gasteiger partial charge in [-0.2, -0.15) is 0 Å². The Morgan fingerprint density at radius 3 is 1.34 bits per heavy atom. The Hall–Kier alpha value is -3.43. The van der Waals surface area contributed by atoms with Gasteiger partial charge in [0.05, 0.1) is 10.8 Å². The van der Waals surface area contributed by atoms with Gasteiger partial charge in [-0.15, -0.1) is 0 Å². The van der Waals surface area contributed by atoms with Crippen LogP contribution in [-0.2, 0) is 0 Å². The van der Waals surface area contributed by atoms with Crippen LogP contribution in [0.2, 0.25) is 0 Å². The van der Waals surface area contributed by atoms with Gasteiger partial charge in [-0.25, -0.2) is 0 Å². The number of fused-ring (bicyclic) bond motifs is 2. The van der Waals surface area contributed by atoms with E-state index in [1.807, 2.05) is 0 Å². The number of carbonyl (C=O) groups is 2. The third-order valence-corrected chi connectivity index (χ3v) is 3.67. The van der Waals surface area contributed by atoms with Crippen LogP contribution < -0.4 is 21.1 Å². The van der Waals surface area contributed by atoms with Crippen LogP contribution in [0.25, 0.3) is 21.9 Å². The van der Waals surface area contributed by atoms with Crippen LogP contribution in [0.15, 0.2) is 79.1 Å². The number of benzene rings is 2. The Bertz CT molecular complexity index is 1220. The van der Waals surface area contributed by atoms with Crippen LogP contribution in [0.3, 0.4) is 0 Å². The molecule has 0 aliphatic carbocycles. The van der Waals surface area contributed by atoms with Crippen molar-refractivity contribution in [2.75, 3.05) is 0 Å². The predicted molar refractivity (Wildman–Crippen MR) is 99.4 cm³/mol. The van der Waals surface area contributed by atoms with Crippen LogP contribution in [-0.4, -0.2) is 35.0 Å². The average Bonchev–Trinajstić information content (AvgIpc) is 2.68. The maximum Gasteiger partial charge on any atom is 2.00 e. The van der Waals surface area contributed by atoms with Crippen LogP contribution in [0.4, 0.5) is 0 Å². The second-order valence-corrected chi connectivity index (χ2v) is 5.52. The second kappa shape index (κ2) is 9.17. The SMILES string of the molecule is O=C([O-])c1cc(=O)c2ccccc2o1.O=C([O-])c1cc(=O)c2ccccc2o1.[Mg+2]. The first-order valence-electron chi connectivity index (χ1n) is 7.85. The first kappa shape index (κ1) is 21.9. The minimum absolute atomic E-state index is 0. The zero-order valence-corrected chi connectivity index (χ0v) is 16.2. The quantitative estimate of drug-likeness (QED) is 0.424. The van der Waals surface area contributed by atoms with Crippen molar-refractivity contribution in [1.82, 2.24) is 0 Å². The third kappa shape index (κ3) is 4.89. The van der Waals surface area contributed by atoms with Crippen molar-refractivity contribution < 1.29 is 28.6 Å². The summed E-state index contributed by atoms with van der Waals surface area (Å²) in [6.07, 6.45) is 0. The molecule has 4 aromatic rings. The number of rotatable bonds is 2. The van der Waals surface area contributed by atoms with E-state index in [0.717, 1.165) is 12.1 Å². The van der Waals surface area contributed by atoms with E-state index in [9.17, 15) is 29.4 Å². The molecular weight excluding hydrogens is 393 g/mol. The molecule has 8 nitrogen and oxygen atoms in total. The molecule has 29 heavy (non-hydrogen) atoms. The summed E-state index contributed by atoms with van der Waals surface area (Å²) in [5.74, 6) is -3.89. The van der Waals surface area contributed by atoms with Gasteiger partial charge in [0.25, 0.3) is 0 Å². The molecule has 0 amide bonds. The Labute approximate surface area is 178 Å². The Morgan fingerprint density at radius 1 is 0.655 bits per heavy atom. The van der Waals surface area contributed by atoms with Crippen molar-refractivity contribution in [3.63, 3.8) is 0 Å². The monoisotopic (exact) mass is 402 g/mol. The average molecular weight is 403 g/mol. The molecule has 2 heterocycles. The third-order valence-electron chi connectivity index (χ3n) is 3.67. The Kier molecular flexibility index (Phi) is 6.91. The summed E-state index contributed by atoms with van der Waals surface area (Å²) in [5.41, 5.74) is -0.268. The van der Waals surface area contributed by atoms with Crippen molar-refractivity contribution in [2.24, 2.45) is 0 Å². The molecule has 0 N–H and O–H groups in total. The summed E-state index contributed by atoms with van der Waals surface area (Å²) in [6, 6.07) is 14.7. The van der Waals surface area contributed by atoms with Gasteiger partial charge in [0, 0.05) is 12.1 Å². The van der Waals surface area contributed by atoms with Gasteiger partial charge in [-0.1, -0.05) is 24.3 Å². The Balaban J connectivity index is 0.000000200. The van der Waals surface area contributed by atoms with E-state index in [1.165, 1.54) is 12.1 Å². The molecule has 0 unspecified atom stereocenters. The van der Waals surface area contributed by atoms with E-state index in [-0.39, 0.29) is 45.1 Å². The van der Waals surface area contributed by atoms with E-state index in [1.54, 1.807) is 36.4 Å². The molecule has 2 aromatic carbocycles. The van der Waals surface area contributed by atoms with E-state index >= 15 is 0 Å². The number of carboxylic acids is 2. The molecule has 0 saturated carbocycles. The zero-order chi connectivity index (χ0) is 20.3. The number of hydrogen-bond donors (Lipinski definition) is 0. The molecule has 0 aliphatic heterocycles. The van der Waals surface area contributed by atoms with Gasteiger partial charge in [-0.3, -0.25) is 9.59 Å². The van der Waals surface area contributed by atoms with Crippen molar-refractivity contribution in [3.8, 4) is 0 Å². The van der Waals surface area contributed by atoms with Crippen LogP contribution in [0.5, 0.6) is 0 Å². The van der Waals surface area contributed by atoms with Crippen molar-refractivity contribution in [2.45, 2.75) is 0 Å². The summed E-state index contributed by atoms with van der Waals surface area (Å²) in [7, 11) is 0. The molecule has 0 aliphatic rings. The smallest absolute Gasteiger partial charge is 0.542 e. The van der Waals surface area contributed by atoms with Gasteiger partial charge in [0.15, 0.2) is 22.4 Å². The van der Waals surface area contributed by atoms with E-state index in [4.69, 9.17) is 8.83 Å². The van der Waals surface area contributed by atoms with Crippen molar-refractivity contribution in [3.05, 3.63) is 92.6 Å². The minimum Gasteiger partial charge on any atom is -0.542 e. The fourth-order valence-electron chi connectivity index (χ4n) is 2.41. The van der Waals surface area contributed by atoms with E-state index < -0.39 is 23.5 Å². The van der Waals surface area contributed by atoms with E-state index in [0.29, 0.717) is 10.8 Å². The van der Waals surface area contributed by atoms with E-state index in [2.05, 4.69) is 0 Å². The summed E-state index contributed by atoms with van der Waals surface area (Å²) >= 11 is 0. The van der Waals surface area contributed by atoms with Gasteiger partial charge >= 0.3 is 23.1 Å². The van der Waals surface area contributed by atoms with Gasteiger partial charge in [0.1, 0.15) is 23.1 Å². The standard InChI is InChI=1S/2C10H6O4.Mg/c2*11-7-5-9(10(12)13)14-8-4-2-1-3-6(7)8;/h2*1-5H,(H,12,13);/q;;+2/p-2. The number of aromatic carboxylic acids is 2. The number of para-hydroxylation sites is 2. The minimum atomic E-state index is -1.49. The molecule has 0 spiro atoms. The second-order valence-electron chi connectivity index (χ2n) is 5.52. The molecule has 0 radical (unpaired) electrons. The summed E-state index contributed by atoms with van der Waals surface area (Å²) in [5, 5.41) is 21.6. The van der Waals surface area contributed by atoms with Gasteiger partial charge in [-0.05, 0) is 24.3 Å². The normalized spacial score (nSPS) is 9.93. The topological polar surface area (TPSA) is 141 Å². The van der Waals surface area contributed by atoms with Crippen LogP contribution in [0, 0.1) is 0 Å². The predicted octanol–water partition coefficient (Wildman–Crippen LogP) is -0.0678. The van der Waals surface area contributed by atoms with Crippen LogP contribution >= 0.6 is 0 Å². The maximum absolute atomic E-state index is 11.4. The van der Waals surface area contributed by atoms with Gasteiger partial charge < -0.3 is 28.6 Å². The van der Waals surface area contributed by atoms with Crippen molar-refractivity contribution >= 4 is 56.9 Å². The molecule has 4 rings (SSSR count). The molecule has 0 atom stereocenters. The molecule has 0 bridgehead atoms. The van der Waals surface area contributed by atoms with Gasteiger partial charge in [0.2, 0.25) is 0 Å². The fourth-order valence-corrected chi connectivity index (χ4v) is 2.41. The first-order valence-corrected chi connectivity index (χ1v) is 7.85. The Morgan fingerprint density at radius 2 is 1.00 bits per heavy atom. The van der Waals surface area contributed by atoms with Crippen molar-refractivity contribution in [1.29, 1.82) is 0 Å². The number of hydrogen-bond acceptors (Lipinski definition) is 8. The summed E-state index contributed by atoms with van der Waals surface area (Å²) in [6.45, 7) is 0. The van der Waals surface area contributed by atoms with Crippen LogP contribution in [0.1, 0.15) is 21.1 Å². The maximum atomic E-state index is 11.4. The first-order chi connectivity index (χ1) is 13.4. The number of carboxylic acid groups (broad SMARTS) is 2. The number of carbonyl (C=O) groups excluding carboxylic acids is 2. The molecule has 2 aromatic heterocycles. The molecule has 140 valence electrons.